The van der Waals surface area contributed by atoms with E-state index in [1.165, 1.54) is 17.1 Å². The van der Waals surface area contributed by atoms with E-state index in [9.17, 15) is 14.7 Å². The molecule has 3 aromatic rings. The van der Waals surface area contributed by atoms with Gasteiger partial charge in [-0.2, -0.15) is 5.10 Å². The van der Waals surface area contributed by atoms with E-state index in [1.54, 1.807) is 13.8 Å². The molecule has 2 N–H and O–H groups in total. The molecule has 146 valence electrons. The van der Waals surface area contributed by atoms with Crippen LogP contribution in [-0.2, 0) is 15.1 Å². The van der Waals surface area contributed by atoms with Crippen LogP contribution in [0, 0.1) is 0 Å². The van der Waals surface area contributed by atoms with Gasteiger partial charge in [-0.1, -0.05) is 36.4 Å². The summed E-state index contributed by atoms with van der Waals surface area (Å²) in [7, 11) is 0. The number of hydrogen-bond donors (Lipinski definition) is 2. The Morgan fingerprint density at radius 1 is 1.18 bits per heavy atom. The van der Waals surface area contributed by atoms with Gasteiger partial charge >= 0.3 is 5.97 Å². The second-order valence-electron chi connectivity index (χ2n) is 7.02. The average Bonchev–Trinajstić information content (AvgIpc) is 3.14. The maximum atomic E-state index is 12.1. The number of nitrogens with one attached hydrogen (secondary N) is 1. The van der Waals surface area contributed by atoms with Gasteiger partial charge in [-0.3, -0.25) is 9.48 Å². The molecule has 0 aliphatic heterocycles. The number of ether oxygens (including phenoxy) is 1. The van der Waals surface area contributed by atoms with Crippen molar-refractivity contribution < 1.29 is 19.4 Å². The molecule has 28 heavy (non-hydrogen) atoms. The number of aromatic nitrogens is 2. The zero-order valence-electron chi connectivity index (χ0n) is 15.9. The van der Waals surface area contributed by atoms with Crippen molar-refractivity contribution >= 4 is 28.3 Å². The van der Waals surface area contributed by atoms with Crippen LogP contribution >= 0.6 is 0 Å². The first kappa shape index (κ1) is 19.4. The lowest BCUT2D eigenvalue weighted by atomic mass is 10.1. The average molecular weight is 381 g/mol. The molecule has 0 aliphatic carbocycles. The second kappa shape index (κ2) is 8.12. The third kappa shape index (κ3) is 4.31. The summed E-state index contributed by atoms with van der Waals surface area (Å²) < 4.78 is 7.15. The van der Waals surface area contributed by atoms with E-state index < -0.39 is 11.5 Å². The van der Waals surface area contributed by atoms with Crippen molar-refractivity contribution in [2.24, 2.45) is 0 Å². The van der Waals surface area contributed by atoms with Gasteiger partial charge in [0.25, 0.3) is 0 Å². The molecular weight excluding hydrogens is 358 g/mol. The summed E-state index contributed by atoms with van der Waals surface area (Å²) in [4.78, 5) is 23.4. The number of hydrogen-bond acceptors (Lipinski definition) is 4. The monoisotopic (exact) mass is 381 g/mol. The fourth-order valence-corrected chi connectivity index (χ4v) is 2.75. The van der Waals surface area contributed by atoms with Gasteiger partial charge in [0.2, 0.25) is 5.91 Å². The Morgan fingerprint density at radius 2 is 1.93 bits per heavy atom. The number of fused-ring (bicyclic) bond motifs is 1. The molecule has 2 aromatic carbocycles. The molecule has 1 heterocycles. The highest BCUT2D eigenvalue weighted by Crippen LogP contribution is 2.25. The molecule has 7 heteroatoms. The number of nitrogens with zero attached hydrogens (tertiary/aromatic N) is 2. The van der Waals surface area contributed by atoms with E-state index in [1.807, 2.05) is 42.5 Å². The molecule has 0 radical (unpaired) electrons. The number of benzene rings is 2. The van der Waals surface area contributed by atoms with Crippen LogP contribution in [0.5, 0.6) is 5.75 Å². The number of carboxylic acids is 1. The Morgan fingerprint density at radius 3 is 2.71 bits per heavy atom. The highest BCUT2D eigenvalue weighted by molar-refractivity contribution is 5.90. The third-order valence-electron chi connectivity index (χ3n) is 4.52. The second-order valence-corrected chi connectivity index (χ2v) is 7.02. The number of amides is 1. The molecule has 0 unspecified atom stereocenters. The van der Waals surface area contributed by atoms with Gasteiger partial charge in [-0.25, -0.2) is 4.79 Å². The standard InChI is InChI=1S/C21H23N3O4/c1-21(2,20(26)27)24-14-16(13-22-24)23-19(25)11-6-12-28-18-10-5-8-15-7-3-4-9-17(15)18/h3-5,7-10,13-14H,6,11-12H2,1-2H3,(H,23,25)(H,26,27). The Balaban J connectivity index is 1.49. The van der Waals surface area contributed by atoms with Crippen molar-refractivity contribution in [3.63, 3.8) is 0 Å². The van der Waals surface area contributed by atoms with Crippen LogP contribution in [0.4, 0.5) is 5.69 Å². The van der Waals surface area contributed by atoms with Gasteiger partial charge in [-0.15, -0.1) is 0 Å². The van der Waals surface area contributed by atoms with Gasteiger partial charge in [0.05, 0.1) is 18.5 Å². The van der Waals surface area contributed by atoms with E-state index in [2.05, 4.69) is 10.4 Å². The minimum atomic E-state index is -1.19. The molecule has 0 saturated carbocycles. The molecule has 1 aromatic heterocycles. The van der Waals surface area contributed by atoms with E-state index in [-0.39, 0.29) is 12.3 Å². The summed E-state index contributed by atoms with van der Waals surface area (Å²) >= 11 is 0. The van der Waals surface area contributed by atoms with Crippen LogP contribution < -0.4 is 10.1 Å². The largest absolute Gasteiger partial charge is 0.493 e. The third-order valence-corrected chi connectivity index (χ3v) is 4.52. The Kier molecular flexibility index (Phi) is 5.63. The molecule has 7 nitrogen and oxygen atoms in total. The topological polar surface area (TPSA) is 93.5 Å². The van der Waals surface area contributed by atoms with Crippen molar-refractivity contribution in [3.05, 3.63) is 54.9 Å². The molecule has 0 aliphatic rings. The zero-order chi connectivity index (χ0) is 20.1. The van der Waals surface area contributed by atoms with E-state index in [0.717, 1.165) is 16.5 Å². The SMILES string of the molecule is CC(C)(C(=O)O)n1cc(NC(=O)CCCOc2cccc3ccccc23)cn1. The summed E-state index contributed by atoms with van der Waals surface area (Å²) in [6.07, 6.45) is 3.80. The van der Waals surface area contributed by atoms with Gasteiger partial charge < -0.3 is 15.2 Å². The van der Waals surface area contributed by atoms with E-state index in [0.29, 0.717) is 18.7 Å². The van der Waals surface area contributed by atoms with Crippen LogP contribution in [0.2, 0.25) is 0 Å². The van der Waals surface area contributed by atoms with Crippen LogP contribution in [-0.4, -0.2) is 33.4 Å². The summed E-state index contributed by atoms with van der Waals surface area (Å²) in [6.45, 7) is 3.50. The minimum Gasteiger partial charge on any atom is -0.493 e. The molecule has 0 fully saturated rings. The van der Waals surface area contributed by atoms with Crippen molar-refractivity contribution in [1.82, 2.24) is 9.78 Å². The number of anilines is 1. The Hall–Kier alpha value is -3.35. The first-order chi connectivity index (χ1) is 13.4. The minimum absolute atomic E-state index is 0.172. The summed E-state index contributed by atoms with van der Waals surface area (Å²) in [6, 6.07) is 13.9. The molecule has 0 atom stereocenters. The predicted molar refractivity (Wildman–Crippen MR) is 106 cm³/mol. The lowest BCUT2D eigenvalue weighted by molar-refractivity contribution is -0.146. The number of carbonyl (C=O) groups is 2. The number of carboxylic acid groups (broad SMARTS) is 1. The number of aliphatic carboxylic acids is 1. The molecule has 0 spiro atoms. The lowest BCUT2D eigenvalue weighted by Crippen LogP contribution is -2.35. The molecule has 0 bridgehead atoms. The van der Waals surface area contributed by atoms with Crippen molar-refractivity contribution in [1.29, 1.82) is 0 Å². The van der Waals surface area contributed by atoms with Crippen molar-refractivity contribution in [2.75, 3.05) is 11.9 Å². The van der Waals surface area contributed by atoms with Crippen molar-refractivity contribution in [2.45, 2.75) is 32.2 Å². The van der Waals surface area contributed by atoms with Crippen LogP contribution in [0.1, 0.15) is 26.7 Å². The highest BCUT2D eigenvalue weighted by atomic mass is 16.5. The molecule has 1 amide bonds. The quantitative estimate of drug-likeness (QED) is 0.581. The predicted octanol–water partition coefficient (Wildman–Crippen LogP) is 3.65. The van der Waals surface area contributed by atoms with Gasteiger partial charge in [0, 0.05) is 18.0 Å². The summed E-state index contributed by atoms with van der Waals surface area (Å²) in [5, 5.41) is 18.1. The van der Waals surface area contributed by atoms with Gasteiger partial charge in [-0.05, 0) is 31.7 Å². The Bertz CT molecular complexity index is 989. The van der Waals surface area contributed by atoms with Gasteiger partial charge in [0.1, 0.15) is 5.75 Å². The maximum absolute atomic E-state index is 12.1. The fraction of sp³-hybridized carbons (Fsp3) is 0.286. The number of rotatable bonds is 8. The molecule has 3 rings (SSSR count). The van der Waals surface area contributed by atoms with Crippen LogP contribution in [0.25, 0.3) is 10.8 Å². The first-order valence-corrected chi connectivity index (χ1v) is 9.07. The van der Waals surface area contributed by atoms with E-state index >= 15 is 0 Å². The normalized spacial score (nSPS) is 11.4. The summed E-state index contributed by atoms with van der Waals surface area (Å²) in [5.74, 6) is -0.371. The highest BCUT2D eigenvalue weighted by Gasteiger charge is 2.30. The smallest absolute Gasteiger partial charge is 0.331 e. The fourth-order valence-electron chi connectivity index (χ4n) is 2.75. The van der Waals surface area contributed by atoms with E-state index in [4.69, 9.17) is 4.74 Å². The van der Waals surface area contributed by atoms with Crippen molar-refractivity contribution in [3.8, 4) is 5.75 Å². The number of carbonyl (C=O) groups excluding carboxylic acids is 1. The molecule has 0 saturated heterocycles. The summed E-state index contributed by atoms with van der Waals surface area (Å²) in [5.41, 5.74) is -0.718. The first-order valence-electron chi connectivity index (χ1n) is 9.07. The van der Waals surface area contributed by atoms with Gasteiger partial charge in [0.15, 0.2) is 5.54 Å². The van der Waals surface area contributed by atoms with Crippen LogP contribution in [0.3, 0.4) is 0 Å². The Labute approximate surface area is 162 Å². The van der Waals surface area contributed by atoms with Crippen LogP contribution in [0.15, 0.2) is 54.9 Å². The maximum Gasteiger partial charge on any atom is 0.331 e. The zero-order valence-corrected chi connectivity index (χ0v) is 15.9. The lowest BCUT2D eigenvalue weighted by Gasteiger charge is -2.19. The molecular formula is C21H23N3O4.